The standard InChI is InChI=1S/C24H24N8O2/c1-14-8-16(5-4-15(14)6-7-25-2)31-9-17-18(10-31)20(17)22-28-19(34-29-22)11-32-13-27-23-21(24(32)33)30(3)12-26-23/h4-8,12-13,17-18,20H,2,9-11H2,1,3H3/b7-6-. The lowest BCUT2D eigenvalue weighted by Gasteiger charge is -2.22. The zero-order chi connectivity index (χ0) is 23.4. The van der Waals surface area contributed by atoms with Gasteiger partial charge in [0.05, 0.1) is 6.33 Å². The molecule has 1 aliphatic carbocycles. The molecule has 10 nitrogen and oxygen atoms in total. The van der Waals surface area contributed by atoms with Gasteiger partial charge < -0.3 is 14.0 Å². The molecule has 0 bridgehead atoms. The molecule has 34 heavy (non-hydrogen) atoms. The van der Waals surface area contributed by atoms with Gasteiger partial charge in [-0.2, -0.15) is 4.98 Å². The molecule has 1 aliphatic heterocycles. The Morgan fingerprint density at radius 3 is 2.79 bits per heavy atom. The topological polar surface area (TPSA) is 107 Å². The van der Waals surface area contributed by atoms with Gasteiger partial charge in [-0.15, -0.1) is 0 Å². The zero-order valence-electron chi connectivity index (χ0n) is 19.0. The SMILES string of the molecule is C=N/C=C\c1ccc(N2CC3C(C2)C3c2noc(Cn3cnc4ncn(C)c4c3=O)n2)cc1C. The summed E-state index contributed by atoms with van der Waals surface area (Å²) in [7, 11) is 1.77. The van der Waals surface area contributed by atoms with E-state index in [1.807, 2.05) is 6.08 Å². The normalized spacial score (nSPS) is 21.5. The number of rotatable bonds is 6. The number of benzene rings is 1. The van der Waals surface area contributed by atoms with Gasteiger partial charge in [-0.25, -0.2) is 9.97 Å². The number of aromatic nitrogens is 6. The van der Waals surface area contributed by atoms with E-state index in [-0.39, 0.29) is 12.1 Å². The van der Waals surface area contributed by atoms with Crippen LogP contribution in [0.15, 0.2) is 51.4 Å². The molecule has 2 fully saturated rings. The molecule has 0 N–H and O–H groups in total. The fraction of sp³-hybridized carbons (Fsp3) is 0.333. The van der Waals surface area contributed by atoms with Crippen LogP contribution in [-0.4, -0.2) is 49.0 Å². The summed E-state index contributed by atoms with van der Waals surface area (Å²) in [5, 5.41) is 4.23. The largest absolute Gasteiger partial charge is 0.371 e. The minimum absolute atomic E-state index is 0.179. The van der Waals surface area contributed by atoms with Crippen LogP contribution < -0.4 is 10.5 Å². The average molecular weight is 457 g/mol. The van der Waals surface area contributed by atoms with E-state index < -0.39 is 0 Å². The van der Waals surface area contributed by atoms with Crippen LogP contribution in [0.25, 0.3) is 17.2 Å². The van der Waals surface area contributed by atoms with Crippen LogP contribution in [0.5, 0.6) is 0 Å². The van der Waals surface area contributed by atoms with Crippen molar-refractivity contribution in [1.82, 2.24) is 29.2 Å². The fourth-order valence-electron chi connectivity index (χ4n) is 5.09. The number of nitrogens with zero attached hydrogens (tertiary/aromatic N) is 8. The molecule has 4 heterocycles. The van der Waals surface area contributed by atoms with Crippen molar-refractivity contribution in [1.29, 1.82) is 0 Å². The fourth-order valence-corrected chi connectivity index (χ4v) is 5.09. The van der Waals surface area contributed by atoms with Crippen LogP contribution >= 0.6 is 0 Å². The third-order valence-electron chi connectivity index (χ3n) is 6.96. The number of piperidine rings is 1. The lowest BCUT2D eigenvalue weighted by atomic mass is 10.1. The van der Waals surface area contributed by atoms with Crippen molar-refractivity contribution in [3.05, 3.63) is 70.2 Å². The molecular formula is C24H24N8O2. The van der Waals surface area contributed by atoms with E-state index in [0.29, 0.717) is 34.8 Å². The Morgan fingerprint density at radius 1 is 1.24 bits per heavy atom. The van der Waals surface area contributed by atoms with Crippen LogP contribution in [0.3, 0.4) is 0 Å². The van der Waals surface area contributed by atoms with Crippen molar-refractivity contribution in [2.45, 2.75) is 19.4 Å². The van der Waals surface area contributed by atoms with E-state index in [1.165, 1.54) is 22.1 Å². The first-order valence-electron chi connectivity index (χ1n) is 11.2. The Morgan fingerprint density at radius 2 is 2.03 bits per heavy atom. The van der Waals surface area contributed by atoms with E-state index in [1.54, 1.807) is 24.1 Å². The van der Waals surface area contributed by atoms with Crippen LogP contribution in [0.2, 0.25) is 0 Å². The van der Waals surface area contributed by atoms with Crippen LogP contribution in [0.1, 0.15) is 28.8 Å². The third kappa shape index (κ3) is 3.33. The Hall–Kier alpha value is -4.08. The molecule has 0 radical (unpaired) electrons. The number of aliphatic imine (C=N–C) groups is 1. The molecule has 4 aromatic rings. The van der Waals surface area contributed by atoms with E-state index in [9.17, 15) is 4.79 Å². The van der Waals surface area contributed by atoms with Gasteiger partial charge in [0.25, 0.3) is 5.56 Å². The lowest BCUT2D eigenvalue weighted by Crippen LogP contribution is -2.24. The van der Waals surface area contributed by atoms with Gasteiger partial charge in [-0.3, -0.25) is 14.4 Å². The summed E-state index contributed by atoms with van der Waals surface area (Å²) in [6.07, 6.45) is 6.73. The molecule has 1 saturated carbocycles. The monoisotopic (exact) mass is 456 g/mol. The molecule has 3 aromatic heterocycles. The number of fused-ring (bicyclic) bond motifs is 2. The van der Waals surface area contributed by atoms with Crippen molar-refractivity contribution < 1.29 is 4.52 Å². The number of anilines is 1. The van der Waals surface area contributed by atoms with Gasteiger partial charge in [-0.05, 0) is 54.8 Å². The first kappa shape index (κ1) is 20.5. The highest BCUT2D eigenvalue weighted by molar-refractivity contribution is 5.68. The highest BCUT2D eigenvalue weighted by Gasteiger charge is 2.58. The van der Waals surface area contributed by atoms with Gasteiger partial charge in [0.15, 0.2) is 17.0 Å². The summed E-state index contributed by atoms with van der Waals surface area (Å²) in [5.74, 6) is 2.50. The summed E-state index contributed by atoms with van der Waals surface area (Å²) in [6, 6.07) is 6.51. The number of imidazole rings is 1. The summed E-state index contributed by atoms with van der Waals surface area (Å²) in [4.78, 5) is 31.9. The number of aryl methyl sites for hydroxylation is 2. The Bertz CT molecular complexity index is 1480. The molecule has 2 atom stereocenters. The van der Waals surface area contributed by atoms with E-state index >= 15 is 0 Å². The smallest absolute Gasteiger partial charge is 0.280 e. The molecular weight excluding hydrogens is 432 g/mol. The average Bonchev–Trinajstić information content (AvgIpc) is 3.24. The van der Waals surface area contributed by atoms with Crippen molar-refractivity contribution in [2.24, 2.45) is 23.9 Å². The first-order chi connectivity index (χ1) is 16.5. The molecule has 0 amide bonds. The van der Waals surface area contributed by atoms with Crippen molar-refractivity contribution in [3.63, 3.8) is 0 Å². The van der Waals surface area contributed by atoms with E-state index in [0.717, 1.165) is 24.5 Å². The maximum atomic E-state index is 12.8. The summed E-state index contributed by atoms with van der Waals surface area (Å²) < 4.78 is 8.63. The molecule has 1 aromatic carbocycles. The minimum Gasteiger partial charge on any atom is -0.371 e. The summed E-state index contributed by atoms with van der Waals surface area (Å²) in [5.41, 5.74) is 4.30. The second kappa shape index (κ2) is 7.75. The second-order valence-corrected chi connectivity index (χ2v) is 9.05. The molecule has 6 rings (SSSR count). The Balaban J connectivity index is 1.13. The van der Waals surface area contributed by atoms with Crippen molar-refractivity contribution >= 4 is 29.6 Å². The van der Waals surface area contributed by atoms with Gasteiger partial charge in [0, 0.05) is 37.9 Å². The predicted molar refractivity (Wildman–Crippen MR) is 128 cm³/mol. The quantitative estimate of drug-likeness (QED) is 0.410. The van der Waals surface area contributed by atoms with Gasteiger partial charge >= 0.3 is 0 Å². The third-order valence-corrected chi connectivity index (χ3v) is 6.96. The highest BCUT2D eigenvalue weighted by Crippen LogP contribution is 2.58. The van der Waals surface area contributed by atoms with E-state index in [4.69, 9.17) is 4.52 Å². The van der Waals surface area contributed by atoms with Crippen molar-refractivity contribution in [2.75, 3.05) is 18.0 Å². The molecule has 10 heteroatoms. The second-order valence-electron chi connectivity index (χ2n) is 9.05. The molecule has 2 aliphatic rings. The van der Waals surface area contributed by atoms with Gasteiger partial charge in [-0.1, -0.05) is 11.2 Å². The molecule has 0 spiro atoms. The maximum absolute atomic E-state index is 12.8. The first-order valence-corrected chi connectivity index (χ1v) is 11.2. The molecule has 2 unspecified atom stereocenters. The minimum atomic E-state index is -0.179. The Kier molecular flexibility index (Phi) is 4.68. The van der Waals surface area contributed by atoms with Gasteiger partial charge in [0.1, 0.15) is 12.9 Å². The number of hydrogen-bond acceptors (Lipinski definition) is 8. The van der Waals surface area contributed by atoms with Gasteiger partial charge in [0.2, 0.25) is 5.89 Å². The van der Waals surface area contributed by atoms with Crippen molar-refractivity contribution in [3.8, 4) is 0 Å². The van der Waals surface area contributed by atoms with Crippen LogP contribution in [-0.2, 0) is 13.6 Å². The maximum Gasteiger partial charge on any atom is 0.280 e. The molecule has 1 saturated heterocycles. The van der Waals surface area contributed by atoms with E-state index in [2.05, 4.69) is 61.8 Å². The highest BCUT2D eigenvalue weighted by atomic mass is 16.5. The predicted octanol–water partition coefficient (Wildman–Crippen LogP) is 2.39. The van der Waals surface area contributed by atoms with Crippen LogP contribution in [0, 0.1) is 18.8 Å². The zero-order valence-corrected chi connectivity index (χ0v) is 19.0. The summed E-state index contributed by atoms with van der Waals surface area (Å²) >= 11 is 0. The molecule has 172 valence electrons. The Labute approximate surface area is 195 Å². The lowest BCUT2D eigenvalue weighted by molar-refractivity contribution is 0.363. The summed E-state index contributed by atoms with van der Waals surface area (Å²) in [6.45, 7) is 7.74. The number of hydrogen-bond donors (Lipinski definition) is 0. The van der Waals surface area contributed by atoms with Crippen LogP contribution in [0.4, 0.5) is 5.69 Å².